The summed E-state index contributed by atoms with van der Waals surface area (Å²) in [5.41, 5.74) is 0. The molecule has 0 bridgehead atoms. The topological polar surface area (TPSA) is 192 Å². The summed E-state index contributed by atoms with van der Waals surface area (Å²) in [5.74, 6) is -0.483. The largest absolute Gasteiger partial charge is 0.472 e. The molecule has 58 heavy (non-hydrogen) atoms. The van der Waals surface area contributed by atoms with E-state index in [-0.39, 0.29) is 13.0 Å². The average molecular weight is 849 g/mol. The molecule has 0 amide bonds. The lowest BCUT2D eigenvalue weighted by Gasteiger charge is -2.41. The van der Waals surface area contributed by atoms with Crippen LogP contribution in [0.1, 0.15) is 194 Å². The van der Waals surface area contributed by atoms with Gasteiger partial charge in [0.1, 0.15) is 42.7 Å². The number of ether oxygens (including phenoxy) is 2. The number of carbonyl (C=O) groups excluding carboxylic acids is 1. The van der Waals surface area contributed by atoms with Crippen LogP contribution < -0.4 is 0 Å². The highest BCUT2D eigenvalue weighted by Gasteiger charge is 2.51. The summed E-state index contributed by atoms with van der Waals surface area (Å²) in [4.78, 5) is 23.0. The van der Waals surface area contributed by atoms with Crippen LogP contribution in [0.3, 0.4) is 0 Å². The van der Waals surface area contributed by atoms with Crippen LogP contribution in [0.15, 0.2) is 24.3 Å². The van der Waals surface area contributed by atoms with Gasteiger partial charge in [-0.3, -0.25) is 13.8 Å². The molecule has 1 rings (SSSR count). The van der Waals surface area contributed by atoms with E-state index in [2.05, 4.69) is 38.2 Å². The van der Waals surface area contributed by atoms with Gasteiger partial charge in [0.2, 0.25) is 0 Å². The van der Waals surface area contributed by atoms with Crippen molar-refractivity contribution in [2.24, 2.45) is 0 Å². The van der Waals surface area contributed by atoms with Gasteiger partial charge in [-0.15, -0.1) is 0 Å². The monoisotopic (exact) mass is 849 g/mol. The molecule has 6 atom stereocenters. The third kappa shape index (κ3) is 28.4. The number of esters is 1. The Hall–Kier alpha value is -1.18. The lowest BCUT2D eigenvalue weighted by Crippen LogP contribution is -2.64. The highest BCUT2D eigenvalue weighted by atomic mass is 31.2. The number of phosphoric ester groups is 1. The van der Waals surface area contributed by atoms with Crippen LogP contribution in [-0.2, 0) is 27.9 Å². The zero-order valence-electron chi connectivity index (χ0n) is 36.4. The first-order valence-corrected chi connectivity index (χ1v) is 24.7. The van der Waals surface area contributed by atoms with Gasteiger partial charge in [-0.1, -0.05) is 167 Å². The number of hydrogen-bond donors (Lipinski definition) is 6. The summed E-state index contributed by atoms with van der Waals surface area (Å²) < 4.78 is 34.0. The quantitative estimate of drug-likeness (QED) is 0.0149. The van der Waals surface area contributed by atoms with Crippen molar-refractivity contribution in [1.29, 1.82) is 0 Å². The van der Waals surface area contributed by atoms with Crippen molar-refractivity contribution in [2.45, 2.75) is 236 Å². The van der Waals surface area contributed by atoms with Crippen LogP contribution in [0.5, 0.6) is 0 Å². The Morgan fingerprint density at radius 3 is 1.45 bits per heavy atom. The van der Waals surface area contributed by atoms with Crippen LogP contribution >= 0.6 is 7.82 Å². The molecule has 0 aliphatic heterocycles. The highest BCUT2D eigenvalue weighted by Crippen LogP contribution is 2.47. The number of aliphatic hydroxyl groups is 5. The summed E-state index contributed by atoms with van der Waals surface area (Å²) in [6.07, 6.45) is 28.6. The van der Waals surface area contributed by atoms with E-state index < -0.39 is 63.1 Å². The van der Waals surface area contributed by atoms with E-state index in [1.807, 2.05) is 0 Å². The first-order valence-electron chi connectivity index (χ1n) is 23.2. The maximum atomic E-state index is 12.7. The molecule has 12 nitrogen and oxygen atoms in total. The van der Waals surface area contributed by atoms with E-state index in [1.165, 1.54) is 116 Å². The fourth-order valence-electron chi connectivity index (χ4n) is 7.09. The van der Waals surface area contributed by atoms with Gasteiger partial charge < -0.3 is 39.9 Å². The van der Waals surface area contributed by atoms with Crippen LogP contribution in [0.2, 0.25) is 0 Å². The van der Waals surface area contributed by atoms with Gasteiger partial charge in [-0.05, 0) is 44.9 Å². The predicted octanol–water partition coefficient (Wildman–Crippen LogP) is 9.31. The summed E-state index contributed by atoms with van der Waals surface area (Å²) >= 11 is 0. The number of carbonyl (C=O) groups is 1. The SMILES string of the molecule is CCCCCCC/C=C\C/C=C\CCCCCCCCCCCCCCOCC(COP(=O)(O)OC1C(O)C(O)C(O)C(O)C1O)OC(=O)CCCCCCCCC. The van der Waals surface area contributed by atoms with E-state index in [1.54, 1.807) is 0 Å². The summed E-state index contributed by atoms with van der Waals surface area (Å²) in [6.45, 7) is 4.19. The minimum atomic E-state index is -5.01. The zero-order valence-corrected chi connectivity index (χ0v) is 37.2. The van der Waals surface area contributed by atoms with E-state index >= 15 is 0 Å². The van der Waals surface area contributed by atoms with Crippen LogP contribution in [0.25, 0.3) is 0 Å². The van der Waals surface area contributed by atoms with Gasteiger partial charge in [0.05, 0.1) is 13.2 Å². The third-order valence-electron chi connectivity index (χ3n) is 10.8. The van der Waals surface area contributed by atoms with Gasteiger partial charge in [0.25, 0.3) is 0 Å². The molecule has 1 aliphatic rings. The van der Waals surface area contributed by atoms with Crippen LogP contribution in [-0.4, -0.2) is 98.9 Å². The maximum Gasteiger partial charge on any atom is 0.472 e. The number of rotatable bonds is 39. The number of phosphoric acid groups is 1. The Balaban J connectivity index is 2.24. The van der Waals surface area contributed by atoms with Crippen LogP contribution in [0.4, 0.5) is 0 Å². The molecule has 13 heteroatoms. The number of hydrogen-bond acceptors (Lipinski definition) is 11. The van der Waals surface area contributed by atoms with Gasteiger partial charge in [0.15, 0.2) is 0 Å². The molecule has 0 aromatic rings. The van der Waals surface area contributed by atoms with Crippen molar-refractivity contribution in [1.82, 2.24) is 0 Å². The molecule has 342 valence electrons. The second-order valence-corrected chi connectivity index (χ2v) is 17.7. The van der Waals surface area contributed by atoms with Crippen molar-refractivity contribution in [3.05, 3.63) is 24.3 Å². The molecule has 0 heterocycles. The third-order valence-corrected chi connectivity index (χ3v) is 11.8. The second-order valence-electron chi connectivity index (χ2n) is 16.3. The van der Waals surface area contributed by atoms with Gasteiger partial charge in [-0.2, -0.15) is 0 Å². The molecule has 0 aromatic heterocycles. The minimum absolute atomic E-state index is 0.0747. The Labute approximate surface area is 351 Å². The fraction of sp³-hybridized carbons (Fsp3) is 0.889. The number of unbranched alkanes of at least 4 members (excludes halogenated alkanes) is 23. The fourth-order valence-corrected chi connectivity index (χ4v) is 8.06. The molecule has 0 radical (unpaired) electrons. The lowest BCUT2D eigenvalue weighted by atomic mass is 9.85. The highest BCUT2D eigenvalue weighted by molar-refractivity contribution is 7.47. The summed E-state index contributed by atoms with van der Waals surface area (Å²) in [5, 5.41) is 50.0. The zero-order chi connectivity index (χ0) is 42.7. The van der Waals surface area contributed by atoms with Crippen molar-refractivity contribution < 1.29 is 58.3 Å². The second kappa shape index (κ2) is 36.5. The average Bonchev–Trinajstić information content (AvgIpc) is 3.20. The van der Waals surface area contributed by atoms with E-state index in [0.717, 1.165) is 51.4 Å². The van der Waals surface area contributed by atoms with E-state index in [4.69, 9.17) is 18.5 Å². The van der Waals surface area contributed by atoms with E-state index in [9.17, 15) is 39.8 Å². The first kappa shape index (κ1) is 54.8. The molecule has 0 saturated heterocycles. The number of allylic oxidation sites excluding steroid dienone is 4. The van der Waals surface area contributed by atoms with Gasteiger partial charge in [-0.25, -0.2) is 4.57 Å². The molecule has 0 aromatic carbocycles. The molecule has 1 saturated carbocycles. The van der Waals surface area contributed by atoms with Gasteiger partial charge in [0, 0.05) is 13.0 Å². The predicted molar refractivity (Wildman–Crippen MR) is 230 cm³/mol. The standard InChI is InChI=1S/C45H85O12P/c1-3-5-7-9-11-12-13-14-15-16-17-18-19-20-21-22-23-24-25-26-27-29-31-33-35-54-36-38(56-39(46)34-32-30-28-10-8-6-4-2)37-55-58(52,53)57-45-43(50)41(48)40(47)42(49)44(45)51/h13-14,16-17,38,40-45,47-51H,3-12,15,18-37H2,1-2H3,(H,52,53)/b14-13-,17-16-. The first-order chi connectivity index (χ1) is 28.0. The normalized spacial score (nSPS) is 22.8. The van der Waals surface area contributed by atoms with Crippen LogP contribution in [0, 0.1) is 0 Å². The molecule has 6 N–H and O–H groups in total. The molecule has 6 unspecified atom stereocenters. The molecule has 1 fully saturated rings. The van der Waals surface area contributed by atoms with Crippen molar-refractivity contribution in [3.8, 4) is 0 Å². The molecule has 0 spiro atoms. The number of aliphatic hydroxyl groups excluding tert-OH is 5. The smallest absolute Gasteiger partial charge is 0.457 e. The Morgan fingerprint density at radius 2 is 0.966 bits per heavy atom. The Kier molecular flexibility index (Phi) is 34.5. The maximum absolute atomic E-state index is 12.7. The molecular weight excluding hydrogens is 763 g/mol. The Morgan fingerprint density at radius 1 is 0.552 bits per heavy atom. The molecule has 1 aliphatic carbocycles. The van der Waals surface area contributed by atoms with Crippen molar-refractivity contribution in [2.75, 3.05) is 19.8 Å². The van der Waals surface area contributed by atoms with Crippen molar-refractivity contribution in [3.63, 3.8) is 0 Å². The van der Waals surface area contributed by atoms with Crippen molar-refractivity contribution >= 4 is 13.8 Å². The summed E-state index contributed by atoms with van der Waals surface area (Å²) in [7, 11) is -5.01. The van der Waals surface area contributed by atoms with Gasteiger partial charge >= 0.3 is 13.8 Å². The van der Waals surface area contributed by atoms with E-state index in [0.29, 0.717) is 13.0 Å². The summed E-state index contributed by atoms with van der Waals surface area (Å²) in [6, 6.07) is 0. The minimum Gasteiger partial charge on any atom is -0.457 e. The molecular formula is C45H85O12P. The Bertz CT molecular complexity index is 1060. The lowest BCUT2D eigenvalue weighted by molar-refractivity contribution is -0.220.